The first-order chi connectivity index (χ1) is 4.75. The molecule has 0 aromatic carbocycles. The number of nitrogens with zero attached hydrogens (tertiary/aromatic N) is 1. The Kier molecular flexibility index (Phi) is 2.01. The highest BCUT2D eigenvalue weighted by atomic mass is 16.2. The minimum Gasteiger partial charge on any atom is -0.321 e. The zero-order chi connectivity index (χ0) is 7.56. The molecule has 1 amide bonds. The molecule has 0 aromatic heterocycles. The van der Waals surface area contributed by atoms with Crippen molar-refractivity contribution >= 4 is 12.2 Å². The number of hydrogen-bond acceptors (Lipinski definition) is 3. The monoisotopic (exact) mass is 142 g/mol. The molecule has 4 heteroatoms. The third-order valence-electron chi connectivity index (χ3n) is 1.68. The van der Waals surface area contributed by atoms with Gasteiger partial charge in [0.2, 0.25) is 6.29 Å². The van der Waals surface area contributed by atoms with Gasteiger partial charge in [-0.2, -0.15) is 0 Å². The highest BCUT2D eigenvalue weighted by Gasteiger charge is 2.24. The van der Waals surface area contributed by atoms with Crippen LogP contribution in [0.1, 0.15) is 12.8 Å². The second-order valence-electron chi connectivity index (χ2n) is 2.36. The van der Waals surface area contributed by atoms with Gasteiger partial charge in [0, 0.05) is 6.54 Å². The summed E-state index contributed by atoms with van der Waals surface area (Å²) in [5.74, 6) is -0.495. The standard InChI is InChI=1S/C6H10N2O2/c7-5-2-1-3-8(5)6(10)4-9/h4-5H,1-3,7H2. The second kappa shape index (κ2) is 2.79. The summed E-state index contributed by atoms with van der Waals surface area (Å²) in [6.07, 6.45) is 1.78. The fraction of sp³-hybridized carbons (Fsp3) is 0.667. The number of hydrogen-bond donors (Lipinski definition) is 1. The van der Waals surface area contributed by atoms with Crippen molar-refractivity contribution < 1.29 is 9.59 Å². The van der Waals surface area contributed by atoms with Gasteiger partial charge in [-0.3, -0.25) is 9.59 Å². The first-order valence-corrected chi connectivity index (χ1v) is 3.27. The van der Waals surface area contributed by atoms with E-state index >= 15 is 0 Å². The Morgan fingerprint density at radius 1 is 1.70 bits per heavy atom. The number of nitrogens with two attached hydrogens (primary N) is 1. The van der Waals surface area contributed by atoms with E-state index in [1.165, 1.54) is 4.90 Å². The lowest BCUT2D eigenvalue weighted by Crippen LogP contribution is -2.41. The van der Waals surface area contributed by atoms with Crippen LogP contribution in [0.2, 0.25) is 0 Å². The smallest absolute Gasteiger partial charge is 0.287 e. The van der Waals surface area contributed by atoms with Crippen LogP contribution in [0, 0.1) is 0 Å². The van der Waals surface area contributed by atoms with Crippen LogP contribution in [-0.2, 0) is 9.59 Å². The molecule has 1 saturated heterocycles. The molecular formula is C6H10N2O2. The first-order valence-electron chi connectivity index (χ1n) is 3.27. The third-order valence-corrected chi connectivity index (χ3v) is 1.68. The molecule has 0 bridgehead atoms. The molecule has 1 aliphatic heterocycles. The predicted molar refractivity (Wildman–Crippen MR) is 35.0 cm³/mol. The maximum absolute atomic E-state index is 10.7. The Hall–Kier alpha value is -0.900. The van der Waals surface area contributed by atoms with E-state index in [0.717, 1.165) is 12.8 Å². The second-order valence-corrected chi connectivity index (χ2v) is 2.36. The molecule has 0 aromatic rings. The van der Waals surface area contributed by atoms with Crippen LogP contribution in [0.15, 0.2) is 0 Å². The summed E-state index contributed by atoms with van der Waals surface area (Å²) >= 11 is 0. The molecule has 1 aliphatic rings. The van der Waals surface area contributed by atoms with Crippen LogP contribution in [0.25, 0.3) is 0 Å². The van der Waals surface area contributed by atoms with E-state index in [1.807, 2.05) is 0 Å². The molecule has 0 spiro atoms. The van der Waals surface area contributed by atoms with Crippen molar-refractivity contribution in [3.63, 3.8) is 0 Å². The number of carbonyl (C=O) groups is 2. The van der Waals surface area contributed by atoms with Crippen molar-refractivity contribution in [3.8, 4) is 0 Å². The molecule has 2 N–H and O–H groups in total. The Balaban J connectivity index is 2.54. The minimum absolute atomic E-state index is 0.238. The largest absolute Gasteiger partial charge is 0.321 e. The zero-order valence-electron chi connectivity index (χ0n) is 5.62. The number of rotatable bonds is 1. The average molecular weight is 142 g/mol. The quantitative estimate of drug-likeness (QED) is 0.381. The van der Waals surface area contributed by atoms with E-state index in [4.69, 9.17) is 5.73 Å². The molecule has 1 atom stereocenters. The van der Waals surface area contributed by atoms with Gasteiger partial charge in [0.25, 0.3) is 5.91 Å². The van der Waals surface area contributed by atoms with Crippen LogP contribution in [-0.4, -0.2) is 29.8 Å². The molecule has 10 heavy (non-hydrogen) atoms. The van der Waals surface area contributed by atoms with Crippen molar-refractivity contribution in [2.75, 3.05) is 6.54 Å². The van der Waals surface area contributed by atoms with Gasteiger partial charge in [0.1, 0.15) is 0 Å². The summed E-state index contributed by atoms with van der Waals surface area (Å²) < 4.78 is 0. The lowest BCUT2D eigenvalue weighted by atomic mass is 10.3. The van der Waals surface area contributed by atoms with Crippen molar-refractivity contribution in [1.29, 1.82) is 0 Å². The number of amides is 1. The maximum atomic E-state index is 10.7. The van der Waals surface area contributed by atoms with E-state index in [1.54, 1.807) is 0 Å². The van der Waals surface area contributed by atoms with Crippen LogP contribution in [0.5, 0.6) is 0 Å². The molecule has 1 unspecified atom stereocenters. The van der Waals surface area contributed by atoms with Gasteiger partial charge in [-0.15, -0.1) is 0 Å². The van der Waals surface area contributed by atoms with Crippen molar-refractivity contribution in [2.45, 2.75) is 19.0 Å². The summed E-state index contributed by atoms with van der Waals surface area (Å²) in [5.41, 5.74) is 5.50. The molecule has 0 radical (unpaired) electrons. The number of likely N-dealkylation sites (tertiary alicyclic amines) is 1. The summed E-state index contributed by atoms with van der Waals surface area (Å²) in [7, 11) is 0. The Morgan fingerprint density at radius 2 is 2.40 bits per heavy atom. The summed E-state index contributed by atoms with van der Waals surface area (Å²) in [4.78, 5) is 22.1. The van der Waals surface area contributed by atoms with Crippen LogP contribution in [0.4, 0.5) is 0 Å². The van der Waals surface area contributed by atoms with Gasteiger partial charge in [-0.1, -0.05) is 0 Å². The van der Waals surface area contributed by atoms with Crippen molar-refractivity contribution in [2.24, 2.45) is 5.73 Å². The topological polar surface area (TPSA) is 63.4 Å². The zero-order valence-corrected chi connectivity index (χ0v) is 5.62. The molecular weight excluding hydrogens is 132 g/mol. The fourth-order valence-electron chi connectivity index (χ4n) is 1.13. The lowest BCUT2D eigenvalue weighted by molar-refractivity contribution is -0.139. The van der Waals surface area contributed by atoms with E-state index in [0.29, 0.717) is 12.8 Å². The van der Waals surface area contributed by atoms with Crippen LogP contribution < -0.4 is 5.73 Å². The van der Waals surface area contributed by atoms with Gasteiger partial charge in [0.05, 0.1) is 6.17 Å². The van der Waals surface area contributed by atoms with Gasteiger partial charge in [-0.25, -0.2) is 0 Å². The van der Waals surface area contributed by atoms with E-state index in [9.17, 15) is 9.59 Å². The third kappa shape index (κ3) is 1.16. The van der Waals surface area contributed by atoms with E-state index in [2.05, 4.69) is 0 Å². The first kappa shape index (κ1) is 7.21. The summed E-state index contributed by atoms with van der Waals surface area (Å²) in [6, 6.07) is 0. The fourth-order valence-corrected chi connectivity index (χ4v) is 1.13. The normalized spacial score (nSPS) is 24.9. The van der Waals surface area contributed by atoms with Crippen LogP contribution in [0.3, 0.4) is 0 Å². The van der Waals surface area contributed by atoms with Gasteiger partial charge >= 0.3 is 0 Å². The van der Waals surface area contributed by atoms with E-state index < -0.39 is 5.91 Å². The Labute approximate surface area is 59.0 Å². The maximum Gasteiger partial charge on any atom is 0.287 e. The molecule has 0 saturated carbocycles. The summed E-state index contributed by atoms with van der Waals surface area (Å²) in [5, 5.41) is 0. The Bertz CT molecular complexity index is 158. The molecule has 0 aliphatic carbocycles. The molecule has 4 nitrogen and oxygen atoms in total. The highest BCUT2D eigenvalue weighted by molar-refractivity contribution is 6.23. The summed E-state index contributed by atoms with van der Waals surface area (Å²) in [6.45, 7) is 0.624. The van der Waals surface area contributed by atoms with Crippen LogP contribution >= 0.6 is 0 Å². The van der Waals surface area contributed by atoms with Gasteiger partial charge in [-0.05, 0) is 12.8 Å². The van der Waals surface area contributed by atoms with E-state index in [-0.39, 0.29) is 6.17 Å². The van der Waals surface area contributed by atoms with Gasteiger partial charge < -0.3 is 10.6 Å². The average Bonchev–Trinajstić information content (AvgIpc) is 2.34. The predicted octanol–water partition coefficient (Wildman–Crippen LogP) is -0.908. The molecule has 56 valence electrons. The van der Waals surface area contributed by atoms with Crippen molar-refractivity contribution in [3.05, 3.63) is 0 Å². The molecule has 1 heterocycles. The lowest BCUT2D eigenvalue weighted by Gasteiger charge is -2.17. The van der Waals surface area contributed by atoms with Crippen molar-refractivity contribution in [1.82, 2.24) is 4.90 Å². The number of aldehydes is 1. The number of carbonyl (C=O) groups excluding carboxylic acids is 2. The Morgan fingerprint density at radius 3 is 2.80 bits per heavy atom. The SMILES string of the molecule is NC1CCCN1C(=O)C=O. The minimum atomic E-state index is -0.495. The molecule has 1 rings (SSSR count). The van der Waals surface area contributed by atoms with Gasteiger partial charge in [0.15, 0.2) is 0 Å². The highest BCUT2D eigenvalue weighted by Crippen LogP contribution is 2.11. The molecule has 1 fully saturated rings.